The first-order chi connectivity index (χ1) is 4.09. The van der Waals surface area contributed by atoms with Gasteiger partial charge in [0.1, 0.15) is 0 Å². The Morgan fingerprint density at radius 2 is 2.22 bits per heavy atom. The highest BCUT2D eigenvalue weighted by atomic mass is 19.1. The number of hydrogen-bond acceptors (Lipinski definition) is 2. The Kier molecular flexibility index (Phi) is 3.39. The van der Waals surface area contributed by atoms with Gasteiger partial charge in [0.2, 0.25) is 0 Å². The van der Waals surface area contributed by atoms with Crippen LogP contribution in [0.15, 0.2) is 0 Å². The molecule has 0 spiro atoms. The second-order valence-corrected chi connectivity index (χ2v) is 2.22. The largest absolute Gasteiger partial charge is 0.319 e. The third-order valence-electron chi connectivity index (χ3n) is 1.52. The van der Waals surface area contributed by atoms with Crippen molar-refractivity contribution >= 4 is 6.04 Å². The monoisotopic (exact) mass is 133 g/mol. The average molecular weight is 133 g/mol. The Balaban J connectivity index is 3.72. The topological polar surface area (TPSA) is 43.1 Å². The van der Waals surface area contributed by atoms with Crippen LogP contribution in [0.1, 0.15) is 20.3 Å². The smallest absolute Gasteiger partial charge is 0.318 e. The molecule has 3 heteroatoms. The quantitative estimate of drug-likeness (QED) is 0.580. The lowest BCUT2D eigenvalue weighted by Crippen LogP contribution is -2.33. The van der Waals surface area contributed by atoms with Gasteiger partial charge < -0.3 is 5.73 Å². The highest BCUT2D eigenvalue weighted by Gasteiger charge is 2.17. The van der Waals surface area contributed by atoms with E-state index in [2.05, 4.69) is 0 Å². The summed E-state index contributed by atoms with van der Waals surface area (Å²) in [4.78, 5) is 9.95. The lowest BCUT2D eigenvalue weighted by molar-refractivity contribution is -0.131. The van der Waals surface area contributed by atoms with Gasteiger partial charge in [-0.1, -0.05) is 20.3 Å². The van der Waals surface area contributed by atoms with E-state index in [0.29, 0.717) is 0 Å². The molecule has 0 aliphatic carbocycles. The molecule has 0 aromatic heterocycles. The Morgan fingerprint density at radius 1 is 1.78 bits per heavy atom. The molecule has 0 fully saturated rings. The number of nitrogens with two attached hydrogens (primary N) is 1. The number of carbonyl (C=O) groups excluding carboxylic acids is 1. The zero-order chi connectivity index (χ0) is 7.44. The van der Waals surface area contributed by atoms with Crippen LogP contribution in [0.4, 0.5) is 4.39 Å². The number of halogens is 1. The Labute approximate surface area is 54.2 Å². The molecule has 0 aromatic carbocycles. The fourth-order valence-corrected chi connectivity index (χ4v) is 0.478. The van der Waals surface area contributed by atoms with E-state index in [1.165, 1.54) is 0 Å². The van der Waals surface area contributed by atoms with Crippen molar-refractivity contribution in [1.29, 1.82) is 0 Å². The minimum absolute atomic E-state index is 0.0532. The number of carbonyl (C=O) groups is 1. The van der Waals surface area contributed by atoms with Gasteiger partial charge in [-0.05, 0) is 5.92 Å². The summed E-state index contributed by atoms with van der Waals surface area (Å²) in [5.74, 6) is -0.0532. The molecule has 0 bridgehead atoms. The maximum atomic E-state index is 11.8. The van der Waals surface area contributed by atoms with Crippen LogP contribution in [-0.4, -0.2) is 12.1 Å². The molecule has 0 aliphatic heterocycles. The lowest BCUT2D eigenvalue weighted by Gasteiger charge is -2.11. The van der Waals surface area contributed by atoms with E-state index in [1.807, 2.05) is 6.92 Å². The summed E-state index contributed by atoms with van der Waals surface area (Å²) in [7, 11) is 0. The summed E-state index contributed by atoms with van der Waals surface area (Å²) < 4.78 is 11.8. The lowest BCUT2D eigenvalue weighted by atomic mass is 10.0. The SMILES string of the molecule is CC[C@H](C)[C@H](N)C(=O)F. The van der Waals surface area contributed by atoms with E-state index in [-0.39, 0.29) is 5.92 Å². The van der Waals surface area contributed by atoms with Gasteiger partial charge in [-0.15, -0.1) is 0 Å². The summed E-state index contributed by atoms with van der Waals surface area (Å²) in [5, 5.41) is 0. The van der Waals surface area contributed by atoms with Crippen LogP contribution in [0.5, 0.6) is 0 Å². The van der Waals surface area contributed by atoms with Crippen LogP contribution in [0.3, 0.4) is 0 Å². The normalized spacial score (nSPS) is 16.9. The highest BCUT2D eigenvalue weighted by Crippen LogP contribution is 2.05. The van der Waals surface area contributed by atoms with Gasteiger partial charge in [-0.2, -0.15) is 4.39 Å². The summed E-state index contributed by atoms with van der Waals surface area (Å²) in [6.07, 6.45) is 0.733. The summed E-state index contributed by atoms with van der Waals surface area (Å²) in [5.41, 5.74) is 5.15. The summed E-state index contributed by atoms with van der Waals surface area (Å²) in [6, 6.07) is -2.33. The fraction of sp³-hybridized carbons (Fsp3) is 0.833. The second-order valence-electron chi connectivity index (χ2n) is 2.22. The predicted molar refractivity (Wildman–Crippen MR) is 33.5 cm³/mol. The zero-order valence-electron chi connectivity index (χ0n) is 5.73. The Hall–Kier alpha value is -0.440. The first-order valence-electron chi connectivity index (χ1n) is 3.04. The van der Waals surface area contributed by atoms with Crippen molar-refractivity contribution in [2.24, 2.45) is 11.7 Å². The van der Waals surface area contributed by atoms with E-state index in [0.717, 1.165) is 6.42 Å². The van der Waals surface area contributed by atoms with Crippen molar-refractivity contribution < 1.29 is 9.18 Å². The first-order valence-corrected chi connectivity index (χ1v) is 3.04. The molecular weight excluding hydrogens is 121 g/mol. The summed E-state index contributed by atoms with van der Waals surface area (Å²) in [6.45, 7) is 3.62. The van der Waals surface area contributed by atoms with E-state index < -0.39 is 12.1 Å². The van der Waals surface area contributed by atoms with E-state index >= 15 is 0 Å². The molecule has 0 aliphatic rings. The molecule has 2 nitrogen and oxygen atoms in total. The van der Waals surface area contributed by atoms with Crippen LogP contribution in [0, 0.1) is 5.92 Å². The maximum Gasteiger partial charge on any atom is 0.318 e. The van der Waals surface area contributed by atoms with Crippen molar-refractivity contribution in [1.82, 2.24) is 0 Å². The third kappa shape index (κ3) is 2.56. The highest BCUT2D eigenvalue weighted by molar-refractivity contribution is 5.74. The summed E-state index contributed by atoms with van der Waals surface area (Å²) >= 11 is 0. The molecular formula is C6H12FNO. The molecule has 0 unspecified atom stereocenters. The second kappa shape index (κ2) is 3.56. The van der Waals surface area contributed by atoms with E-state index in [9.17, 15) is 9.18 Å². The first kappa shape index (κ1) is 8.56. The van der Waals surface area contributed by atoms with Crippen molar-refractivity contribution in [2.45, 2.75) is 26.3 Å². The average Bonchev–Trinajstić information content (AvgIpc) is 1.84. The van der Waals surface area contributed by atoms with Crippen LogP contribution in [0.2, 0.25) is 0 Å². The van der Waals surface area contributed by atoms with E-state index in [4.69, 9.17) is 5.73 Å². The molecule has 0 saturated carbocycles. The van der Waals surface area contributed by atoms with Crippen molar-refractivity contribution in [2.75, 3.05) is 0 Å². The van der Waals surface area contributed by atoms with Crippen LogP contribution in [0.25, 0.3) is 0 Å². The standard InChI is InChI=1S/C6H12FNO/c1-3-4(2)5(8)6(7)9/h4-5H,3,8H2,1-2H3/t4-,5-/m0/s1. The van der Waals surface area contributed by atoms with E-state index in [1.54, 1.807) is 6.92 Å². The van der Waals surface area contributed by atoms with Gasteiger partial charge in [0.05, 0.1) is 6.04 Å². The van der Waals surface area contributed by atoms with Gasteiger partial charge in [0, 0.05) is 0 Å². The molecule has 0 aromatic rings. The molecule has 2 N–H and O–H groups in total. The predicted octanol–water partition coefficient (Wildman–Crippen LogP) is 0.856. The van der Waals surface area contributed by atoms with Crippen molar-refractivity contribution in [3.63, 3.8) is 0 Å². The minimum Gasteiger partial charge on any atom is -0.319 e. The maximum absolute atomic E-state index is 11.8. The van der Waals surface area contributed by atoms with Gasteiger partial charge >= 0.3 is 6.04 Å². The number of hydrogen-bond donors (Lipinski definition) is 1. The molecule has 0 rings (SSSR count). The Bertz CT molecular complexity index is 105. The molecule has 0 radical (unpaired) electrons. The molecule has 9 heavy (non-hydrogen) atoms. The third-order valence-corrected chi connectivity index (χ3v) is 1.52. The van der Waals surface area contributed by atoms with Gasteiger partial charge in [-0.25, -0.2) is 0 Å². The molecule has 0 amide bonds. The Morgan fingerprint density at radius 3 is 2.33 bits per heavy atom. The molecule has 0 saturated heterocycles. The molecule has 0 heterocycles. The molecule has 54 valence electrons. The minimum atomic E-state index is -1.41. The van der Waals surface area contributed by atoms with Crippen LogP contribution < -0.4 is 5.73 Å². The van der Waals surface area contributed by atoms with Crippen LogP contribution in [-0.2, 0) is 4.79 Å². The van der Waals surface area contributed by atoms with Crippen molar-refractivity contribution in [3.05, 3.63) is 0 Å². The fourth-order valence-electron chi connectivity index (χ4n) is 0.478. The van der Waals surface area contributed by atoms with Crippen molar-refractivity contribution in [3.8, 4) is 0 Å². The van der Waals surface area contributed by atoms with Gasteiger partial charge in [0.15, 0.2) is 0 Å². The zero-order valence-corrected chi connectivity index (χ0v) is 5.73. The van der Waals surface area contributed by atoms with Gasteiger partial charge in [-0.3, -0.25) is 4.79 Å². The molecule has 2 atom stereocenters. The van der Waals surface area contributed by atoms with Crippen LogP contribution >= 0.6 is 0 Å². The van der Waals surface area contributed by atoms with Gasteiger partial charge in [0.25, 0.3) is 0 Å². The number of rotatable bonds is 3.